The van der Waals surface area contributed by atoms with E-state index in [0.717, 1.165) is 25.3 Å². The molecule has 4 heteroatoms. The Morgan fingerprint density at radius 1 is 0.950 bits per heavy atom. The molecule has 2 aliphatic rings. The molecule has 0 bridgehead atoms. The van der Waals surface area contributed by atoms with Gasteiger partial charge in [-0.2, -0.15) is 0 Å². The minimum atomic E-state index is 0.217. The fraction of sp³-hybridized carbons (Fsp3) is 0.562. The SMILES string of the molecule is O=C1CC(Br)CN1c1ccc(N2CCCCCC2)cc1. The lowest BCUT2D eigenvalue weighted by Crippen LogP contribution is -2.25. The zero-order chi connectivity index (χ0) is 13.9. The molecule has 3 nitrogen and oxygen atoms in total. The van der Waals surface area contributed by atoms with Crippen molar-refractivity contribution >= 4 is 33.2 Å². The first-order chi connectivity index (χ1) is 9.74. The maximum absolute atomic E-state index is 11.9. The first-order valence-corrected chi connectivity index (χ1v) is 8.45. The van der Waals surface area contributed by atoms with Crippen LogP contribution in [-0.4, -0.2) is 30.4 Å². The van der Waals surface area contributed by atoms with E-state index >= 15 is 0 Å². The second-order valence-corrected chi connectivity index (χ2v) is 7.02. The fourth-order valence-electron chi connectivity index (χ4n) is 3.09. The molecule has 3 rings (SSSR count). The summed E-state index contributed by atoms with van der Waals surface area (Å²) in [6.07, 6.45) is 5.89. The van der Waals surface area contributed by atoms with Gasteiger partial charge in [0, 0.05) is 42.3 Å². The van der Waals surface area contributed by atoms with E-state index in [1.165, 1.54) is 31.4 Å². The number of hydrogen-bond acceptors (Lipinski definition) is 2. The van der Waals surface area contributed by atoms with Crippen LogP contribution in [0.15, 0.2) is 24.3 Å². The monoisotopic (exact) mass is 336 g/mol. The highest BCUT2D eigenvalue weighted by atomic mass is 79.9. The molecule has 0 saturated carbocycles. The number of amides is 1. The summed E-state index contributed by atoms with van der Waals surface area (Å²) in [5, 5.41) is 0. The largest absolute Gasteiger partial charge is 0.372 e. The van der Waals surface area contributed by atoms with Gasteiger partial charge >= 0.3 is 0 Å². The summed E-state index contributed by atoms with van der Waals surface area (Å²) >= 11 is 3.53. The van der Waals surface area contributed by atoms with Crippen LogP contribution in [0.3, 0.4) is 0 Å². The van der Waals surface area contributed by atoms with Crippen LogP contribution in [0.4, 0.5) is 11.4 Å². The molecule has 0 spiro atoms. The Hall–Kier alpha value is -1.03. The Morgan fingerprint density at radius 3 is 2.10 bits per heavy atom. The number of carbonyl (C=O) groups excluding carboxylic acids is 1. The number of benzene rings is 1. The first kappa shape index (κ1) is 13.9. The van der Waals surface area contributed by atoms with Crippen LogP contribution in [0.5, 0.6) is 0 Å². The number of hydrogen-bond donors (Lipinski definition) is 0. The van der Waals surface area contributed by atoms with E-state index in [0.29, 0.717) is 11.2 Å². The topological polar surface area (TPSA) is 23.6 Å². The van der Waals surface area contributed by atoms with Gasteiger partial charge < -0.3 is 9.80 Å². The highest BCUT2D eigenvalue weighted by Gasteiger charge is 2.28. The van der Waals surface area contributed by atoms with E-state index in [1.54, 1.807) is 0 Å². The van der Waals surface area contributed by atoms with Crippen molar-refractivity contribution in [3.63, 3.8) is 0 Å². The van der Waals surface area contributed by atoms with Crippen molar-refractivity contribution in [3.05, 3.63) is 24.3 Å². The van der Waals surface area contributed by atoms with Gasteiger partial charge in [-0.25, -0.2) is 0 Å². The van der Waals surface area contributed by atoms with Gasteiger partial charge in [0.25, 0.3) is 0 Å². The fourth-order valence-corrected chi connectivity index (χ4v) is 3.65. The van der Waals surface area contributed by atoms with Crippen LogP contribution < -0.4 is 9.80 Å². The van der Waals surface area contributed by atoms with Gasteiger partial charge in [0.1, 0.15) is 0 Å². The summed E-state index contributed by atoms with van der Waals surface area (Å²) < 4.78 is 0. The third-order valence-corrected chi connectivity index (χ3v) is 4.82. The van der Waals surface area contributed by atoms with Gasteiger partial charge in [-0.3, -0.25) is 4.79 Å². The molecule has 1 aromatic carbocycles. The van der Waals surface area contributed by atoms with Crippen LogP contribution in [0.1, 0.15) is 32.1 Å². The number of nitrogens with zero attached hydrogens (tertiary/aromatic N) is 2. The summed E-state index contributed by atoms with van der Waals surface area (Å²) in [5.74, 6) is 0.217. The zero-order valence-electron chi connectivity index (χ0n) is 11.7. The van der Waals surface area contributed by atoms with Gasteiger partial charge in [-0.05, 0) is 37.1 Å². The summed E-state index contributed by atoms with van der Waals surface area (Å²) in [5.41, 5.74) is 2.31. The first-order valence-electron chi connectivity index (χ1n) is 7.53. The van der Waals surface area contributed by atoms with Gasteiger partial charge in [0.15, 0.2) is 0 Å². The van der Waals surface area contributed by atoms with Crippen LogP contribution in [0.25, 0.3) is 0 Å². The van der Waals surface area contributed by atoms with Crippen molar-refractivity contribution in [3.8, 4) is 0 Å². The molecule has 2 fully saturated rings. The van der Waals surface area contributed by atoms with E-state index in [2.05, 4.69) is 45.1 Å². The Balaban J connectivity index is 1.72. The average molecular weight is 337 g/mol. The third-order valence-electron chi connectivity index (χ3n) is 4.21. The number of alkyl halides is 1. The lowest BCUT2D eigenvalue weighted by atomic mass is 10.2. The maximum atomic E-state index is 11.9. The Bertz CT molecular complexity index is 466. The Labute approximate surface area is 129 Å². The summed E-state index contributed by atoms with van der Waals surface area (Å²) in [7, 11) is 0. The predicted molar refractivity (Wildman–Crippen MR) is 86.8 cm³/mol. The summed E-state index contributed by atoms with van der Waals surface area (Å²) in [6, 6.07) is 8.50. The van der Waals surface area contributed by atoms with E-state index in [9.17, 15) is 4.79 Å². The molecule has 108 valence electrons. The second kappa shape index (κ2) is 6.17. The number of halogens is 1. The molecule has 1 unspecified atom stereocenters. The molecule has 2 aliphatic heterocycles. The van der Waals surface area contributed by atoms with Crippen molar-refractivity contribution in [1.29, 1.82) is 0 Å². The van der Waals surface area contributed by atoms with Gasteiger partial charge in [0.2, 0.25) is 5.91 Å². The smallest absolute Gasteiger partial charge is 0.228 e. The standard InChI is InChI=1S/C16H21BrN2O/c17-13-11-16(20)19(12-13)15-7-5-14(6-8-15)18-9-3-1-2-4-10-18/h5-8,13H,1-4,9-12H2. The average Bonchev–Trinajstić information content (AvgIpc) is 2.68. The number of rotatable bonds is 2. The summed E-state index contributed by atoms with van der Waals surface area (Å²) in [4.78, 5) is 16.5. The van der Waals surface area contributed by atoms with Crippen LogP contribution in [0, 0.1) is 0 Å². The Kier molecular flexibility index (Phi) is 4.29. The minimum Gasteiger partial charge on any atom is -0.372 e. The molecule has 1 amide bonds. The quantitative estimate of drug-likeness (QED) is 0.771. The van der Waals surface area contributed by atoms with Crippen molar-refractivity contribution in [2.75, 3.05) is 29.4 Å². The minimum absolute atomic E-state index is 0.217. The maximum Gasteiger partial charge on any atom is 0.228 e. The normalized spacial score (nSPS) is 24.1. The lowest BCUT2D eigenvalue weighted by Gasteiger charge is -2.24. The third kappa shape index (κ3) is 3.00. The number of carbonyl (C=O) groups is 1. The summed E-state index contributed by atoms with van der Waals surface area (Å²) in [6.45, 7) is 3.10. The van der Waals surface area contributed by atoms with Gasteiger partial charge in [-0.1, -0.05) is 28.8 Å². The molecule has 0 radical (unpaired) electrons. The Morgan fingerprint density at radius 2 is 1.55 bits per heavy atom. The molecular formula is C16H21BrN2O. The van der Waals surface area contributed by atoms with E-state index in [1.807, 2.05) is 4.90 Å². The van der Waals surface area contributed by atoms with Crippen LogP contribution in [0.2, 0.25) is 0 Å². The van der Waals surface area contributed by atoms with E-state index in [-0.39, 0.29) is 5.91 Å². The molecule has 1 atom stereocenters. The van der Waals surface area contributed by atoms with Gasteiger partial charge in [-0.15, -0.1) is 0 Å². The molecule has 0 aromatic heterocycles. The highest BCUT2D eigenvalue weighted by Crippen LogP contribution is 2.28. The van der Waals surface area contributed by atoms with Crippen molar-refractivity contribution in [2.24, 2.45) is 0 Å². The van der Waals surface area contributed by atoms with Crippen molar-refractivity contribution in [2.45, 2.75) is 36.9 Å². The second-order valence-electron chi connectivity index (χ2n) is 5.72. The van der Waals surface area contributed by atoms with Crippen LogP contribution >= 0.6 is 15.9 Å². The molecule has 0 N–H and O–H groups in total. The molecular weight excluding hydrogens is 316 g/mol. The molecule has 2 heterocycles. The molecule has 20 heavy (non-hydrogen) atoms. The van der Waals surface area contributed by atoms with Crippen LogP contribution in [-0.2, 0) is 4.79 Å². The van der Waals surface area contributed by atoms with E-state index in [4.69, 9.17) is 0 Å². The van der Waals surface area contributed by atoms with Crippen molar-refractivity contribution in [1.82, 2.24) is 0 Å². The molecule has 1 aromatic rings. The zero-order valence-corrected chi connectivity index (χ0v) is 13.3. The van der Waals surface area contributed by atoms with Gasteiger partial charge in [0.05, 0.1) is 0 Å². The van der Waals surface area contributed by atoms with Crippen molar-refractivity contribution < 1.29 is 4.79 Å². The number of anilines is 2. The predicted octanol–water partition coefficient (Wildman–Crippen LogP) is 3.57. The lowest BCUT2D eigenvalue weighted by molar-refractivity contribution is -0.117. The highest BCUT2D eigenvalue weighted by molar-refractivity contribution is 9.09. The van der Waals surface area contributed by atoms with E-state index < -0.39 is 0 Å². The molecule has 0 aliphatic carbocycles. The molecule has 2 saturated heterocycles.